The van der Waals surface area contributed by atoms with Gasteiger partial charge in [-0.05, 0) is 38.5 Å². The summed E-state index contributed by atoms with van der Waals surface area (Å²) in [5.41, 5.74) is -0.809. The lowest BCUT2D eigenvalue weighted by atomic mass is 9.78. The molecule has 0 aromatic carbocycles. The van der Waals surface area contributed by atoms with Crippen molar-refractivity contribution >= 4 is 11.8 Å². The molecule has 1 aliphatic carbocycles. The molecule has 2 N–H and O–H groups in total. The Morgan fingerprint density at radius 2 is 1.73 bits per heavy atom. The van der Waals surface area contributed by atoms with Gasteiger partial charge < -0.3 is 15.3 Å². The average Bonchev–Trinajstić information content (AvgIpc) is 2.53. The molecule has 1 saturated carbocycles. The molecule has 2 rings (SSSR count). The largest absolute Gasteiger partial charge is 0.388 e. The highest BCUT2D eigenvalue weighted by Gasteiger charge is 2.34. The van der Waals surface area contributed by atoms with Crippen molar-refractivity contribution in [1.82, 2.24) is 10.2 Å². The molecule has 1 saturated heterocycles. The van der Waals surface area contributed by atoms with Gasteiger partial charge in [0.25, 0.3) is 0 Å². The standard InChI is InChI=1S/C17H30N2O3/c1-13(20)19-10-8-14(9-11-19)16(21)18-12-17(2,22)15-6-4-3-5-7-15/h14-15,22H,3-12H2,1-2H3,(H,18,21)/t17-/m0/s1. The number of nitrogens with one attached hydrogen (secondary N) is 1. The highest BCUT2D eigenvalue weighted by Crippen LogP contribution is 2.32. The number of hydrogen-bond donors (Lipinski definition) is 2. The Balaban J connectivity index is 1.76. The molecule has 2 amide bonds. The zero-order valence-corrected chi connectivity index (χ0v) is 13.9. The molecule has 0 radical (unpaired) electrons. The SMILES string of the molecule is CC(=O)N1CCC(C(=O)NC[C@](C)(O)C2CCCCC2)CC1. The molecule has 0 unspecified atom stereocenters. The summed E-state index contributed by atoms with van der Waals surface area (Å²) in [7, 11) is 0. The number of carbonyl (C=O) groups is 2. The van der Waals surface area contributed by atoms with Gasteiger partial charge in [0.1, 0.15) is 0 Å². The van der Waals surface area contributed by atoms with Gasteiger partial charge in [0.05, 0.1) is 5.60 Å². The van der Waals surface area contributed by atoms with Crippen LogP contribution in [0.5, 0.6) is 0 Å². The second kappa shape index (κ2) is 7.44. The van der Waals surface area contributed by atoms with Crippen molar-refractivity contribution in [1.29, 1.82) is 0 Å². The summed E-state index contributed by atoms with van der Waals surface area (Å²) in [5, 5.41) is 13.6. The molecule has 0 aromatic heterocycles. The van der Waals surface area contributed by atoms with Gasteiger partial charge in [0.15, 0.2) is 0 Å². The third-order valence-corrected chi connectivity index (χ3v) is 5.42. The van der Waals surface area contributed by atoms with Crippen molar-refractivity contribution in [3.05, 3.63) is 0 Å². The van der Waals surface area contributed by atoms with E-state index in [0.717, 1.165) is 25.7 Å². The van der Waals surface area contributed by atoms with Crippen molar-refractivity contribution in [2.45, 2.75) is 64.4 Å². The van der Waals surface area contributed by atoms with Gasteiger partial charge in [-0.15, -0.1) is 0 Å². The predicted molar refractivity (Wildman–Crippen MR) is 85.2 cm³/mol. The van der Waals surface area contributed by atoms with Crippen molar-refractivity contribution in [3.8, 4) is 0 Å². The van der Waals surface area contributed by atoms with E-state index in [2.05, 4.69) is 5.32 Å². The fourth-order valence-electron chi connectivity index (χ4n) is 3.74. The van der Waals surface area contributed by atoms with Crippen LogP contribution in [0, 0.1) is 11.8 Å². The second-order valence-corrected chi connectivity index (χ2v) is 7.19. The van der Waals surface area contributed by atoms with Crippen molar-refractivity contribution in [3.63, 3.8) is 0 Å². The van der Waals surface area contributed by atoms with Crippen LogP contribution in [0.2, 0.25) is 0 Å². The molecule has 0 bridgehead atoms. The van der Waals surface area contributed by atoms with Gasteiger partial charge in [0, 0.05) is 32.5 Å². The van der Waals surface area contributed by atoms with Crippen LogP contribution in [0.25, 0.3) is 0 Å². The zero-order valence-electron chi connectivity index (χ0n) is 13.9. The predicted octanol–water partition coefficient (Wildman–Crippen LogP) is 1.69. The molecule has 2 fully saturated rings. The molecule has 0 spiro atoms. The minimum absolute atomic E-state index is 0.0271. The number of nitrogens with zero attached hydrogens (tertiary/aromatic N) is 1. The fourth-order valence-corrected chi connectivity index (χ4v) is 3.74. The molecule has 0 aromatic rings. The molecular formula is C17H30N2O3. The maximum Gasteiger partial charge on any atom is 0.223 e. The van der Waals surface area contributed by atoms with Crippen molar-refractivity contribution in [2.24, 2.45) is 11.8 Å². The zero-order chi connectivity index (χ0) is 16.2. The van der Waals surface area contributed by atoms with Crippen molar-refractivity contribution < 1.29 is 14.7 Å². The van der Waals surface area contributed by atoms with E-state index in [1.807, 2.05) is 6.92 Å². The Labute approximate surface area is 133 Å². The fraction of sp³-hybridized carbons (Fsp3) is 0.882. The van der Waals surface area contributed by atoms with Crippen molar-refractivity contribution in [2.75, 3.05) is 19.6 Å². The molecule has 126 valence electrons. The van der Waals surface area contributed by atoms with E-state index in [9.17, 15) is 14.7 Å². The first kappa shape index (κ1) is 17.3. The number of rotatable bonds is 4. The molecule has 2 aliphatic rings. The van der Waals surface area contributed by atoms with Crippen LogP contribution in [0.1, 0.15) is 58.8 Å². The summed E-state index contributed by atoms with van der Waals surface area (Å²) in [4.78, 5) is 25.4. The van der Waals surface area contributed by atoms with E-state index in [-0.39, 0.29) is 17.7 Å². The Hall–Kier alpha value is -1.10. The third kappa shape index (κ3) is 4.45. The van der Waals surface area contributed by atoms with Gasteiger partial charge in [-0.2, -0.15) is 0 Å². The van der Waals surface area contributed by atoms with Gasteiger partial charge in [-0.3, -0.25) is 9.59 Å². The maximum atomic E-state index is 12.3. The number of aliphatic hydroxyl groups is 1. The summed E-state index contributed by atoms with van der Waals surface area (Å²) in [6, 6.07) is 0. The van der Waals surface area contributed by atoms with Crippen LogP contribution in [-0.2, 0) is 9.59 Å². The van der Waals surface area contributed by atoms with Gasteiger partial charge in [-0.25, -0.2) is 0 Å². The lowest BCUT2D eigenvalue weighted by Crippen LogP contribution is -2.49. The first-order valence-corrected chi connectivity index (χ1v) is 8.66. The monoisotopic (exact) mass is 310 g/mol. The summed E-state index contributed by atoms with van der Waals surface area (Å²) < 4.78 is 0. The van der Waals surface area contributed by atoms with Crippen LogP contribution < -0.4 is 5.32 Å². The number of hydrogen-bond acceptors (Lipinski definition) is 3. The van der Waals surface area contributed by atoms with E-state index in [0.29, 0.717) is 25.6 Å². The van der Waals surface area contributed by atoms with E-state index in [4.69, 9.17) is 0 Å². The van der Waals surface area contributed by atoms with E-state index in [1.165, 1.54) is 19.3 Å². The quantitative estimate of drug-likeness (QED) is 0.830. The minimum atomic E-state index is -0.809. The highest BCUT2D eigenvalue weighted by molar-refractivity contribution is 5.79. The molecule has 5 nitrogen and oxygen atoms in total. The number of amides is 2. The first-order chi connectivity index (χ1) is 10.4. The summed E-state index contributed by atoms with van der Waals surface area (Å²) in [5.74, 6) is 0.372. The normalized spacial score (nSPS) is 23.9. The van der Waals surface area contributed by atoms with Gasteiger partial charge >= 0.3 is 0 Å². The molecule has 1 aliphatic heterocycles. The minimum Gasteiger partial charge on any atom is -0.388 e. The number of likely N-dealkylation sites (tertiary alicyclic amines) is 1. The lowest BCUT2D eigenvalue weighted by molar-refractivity contribution is -0.134. The van der Waals surface area contributed by atoms with E-state index in [1.54, 1.807) is 11.8 Å². The summed E-state index contributed by atoms with van der Waals surface area (Å²) in [6.07, 6.45) is 7.16. The molecular weight excluding hydrogens is 280 g/mol. The Bertz CT molecular complexity index is 395. The summed E-state index contributed by atoms with van der Waals surface area (Å²) in [6.45, 7) is 5.08. The van der Waals surface area contributed by atoms with Crippen LogP contribution in [0.3, 0.4) is 0 Å². The second-order valence-electron chi connectivity index (χ2n) is 7.19. The Morgan fingerprint density at radius 1 is 1.14 bits per heavy atom. The summed E-state index contributed by atoms with van der Waals surface area (Å²) >= 11 is 0. The van der Waals surface area contributed by atoms with Crippen LogP contribution >= 0.6 is 0 Å². The Morgan fingerprint density at radius 3 is 2.27 bits per heavy atom. The van der Waals surface area contributed by atoms with Gasteiger partial charge in [-0.1, -0.05) is 19.3 Å². The average molecular weight is 310 g/mol. The maximum absolute atomic E-state index is 12.3. The lowest BCUT2D eigenvalue weighted by Gasteiger charge is -2.36. The number of carbonyl (C=O) groups excluding carboxylic acids is 2. The smallest absolute Gasteiger partial charge is 0.223 e. The van der Waals surface area contributed by atoms with Gasteiger partial charge in [0.2, 0.25) is 11.8 Å². The third-order valence-electron chi connectivity index (χ3n) is 5.42. The highest BCUT2D eigenvalue weighted by atomic mass is 16.3. The molecule has 1 atom stereocenters. The topological polar surface area (TPSA) is 69.6 Å². The van der Waals surface area contributed by atoms with E-state index < -0.39 is 5.60 Å². The van der Waals surface area contributed by atoms with Crippen LogP contribution in [-0.4, -0.2) is 47.1 Å². The Kier molecular flexibility index (Phi) is 5.84. The van der Waals surface area contributed by atoms with E-state index >= 15 is 0 Å². The molecule has 1 heterocycles. The number of piperidine rings is 1. The first-order valence-electron chi connectivity index (χ1n) is 8.66. The molecule has 22 heavy (non-hydrogen) atoms. The van der Waals surface area contributed by atoms with Crippen LogP contribution in [0.15, 0.2) is 0 Å². The molecule has 5 heteroatoms. The van der Waals surface area contributed by atoms with Crippen LogP contribution in [0.4, 0.5) is 0 Å².